The van der Waals surface area contributed by atoms with Crippen LogP contribution in [0.3, 0.4) is 0 Å². The Hall–Kier alpha value is -2.65. The fraction of sp³-hybridized carbons (Fsp3) is 0.190. The van der Waals surface area contributed by atoms with Crippen LogP contribution in [0.4, 0.5) is 0 Å². The van der Waals surface area contributed by atoms with Crippen LogP contribution in [0.25, 0.3) is 11.3 Å². The van der Waals surface area contributed by atoms with Gasteiger partial charge in [-0.25, -0.2) is 18.4 Å². The first-order valence-electron chi connectivity index (χ1n) is 8.97. The molecule has 3 aromatic rings. The number of hydrogen-bond donors (Lipinski definition) is 2. The topological polar surface area (TPSA) is 112 Å². The van der Waals surface area contributed by atoms with Crippen molar-refractivity contribution >= 4 is 28.4 Å². The van der Waals surface area contributed by atoms with Crippen molar-refractivity contribution in [3.05, 3.63) is 77.6 Å². The highest BCUT2D eigenvalue weighted by atomic mass is 35.5. The van der Waals surface area contributed by atoms with E-state index in [1.165, 1.54) is 19.2 Å². The first-order valence-corrected chi connectivity index (χ1v) is 10.5. The fourth-order valence-electron chi connectivity index (χ4n) is 2.81. The Bertz CT molecular complexity index is 1080. The van der Waals surface area contributed by atoms with E-state index in [2.05, 4.69) is 5.32 Å². The van der Waals surface area contributed by atoms with Gasteiger partial charge in [-0.2, -0.15) is 0 Å². The summed E-state index contributed by atoms with van der Waals surface area (Å²) in [6.45, 7) is 1.27. The number of ether oxygens (including phenoxy) is 1. The molecule has 2 aromatic carbocycles. The van der Waals surface area contributed by atoms with E-state index in [9.17, 15) is 13.2 Å². The number of primary sulfonamides is 1. The normalized spacial score (nSPS) is 11.0. The summed E-state index contributed by atoms with van der Waals surface area (Å²) in [7, 11) is -2.31. The zero-order valence-electron chi connectivity index (χ0n) is 16.3. The lowest BCUT2D eigenvalue weighted by Gasteiger charge is -2.05. The summed E-state index contributed by atoms with van der Waals surface area (Å²) >= 11 is 0. The summed E-state index contributed by atoms with van der Waals surface area (Å²) in [5.41, 5.74) is 2.37. The number of halogens is 1. The third-order valence-electron chi connectivity index (χ3n) is 4.39. The predicted molar refractivity (Wildman–Crippen MR) is 116 cm³/mol. The SMILES string of the molecule is COC(=O)c1ccc(-c2ccc(CNCCc3ccc(S(N)(=O)=O)cc3)o2)cc1.Cl. The monoisotopic (exact) mass is 450 g/mol. The molecule has 1 aromatic heterocycles. The van der Waals surface area contributed by atoms with Gasteiger partial charge in [-0.05, 0) is 54.9 Å². The van der Waals surface area contributed by atoms with Gasteiger partial charge in [0.05, 0.1) is 24.1 Å². The molecule has 0 unspecified atom stereocenters. The van der Waals surface area contributed by atoms with Crippen LogP contribution in [-0.2, 0) is 27.7 Å². The van der Waals surface area contributed by atoms with Gasteiger partial charge in [0.1, 0.15) is 11.5 Å². The largest absolute Gasteiger partial charge is 0.465 e. The number of benzene rings is 2. The smallest absolute Gasteiger partial charge is 0.337 e. The fourth-order valence-corrected chi connectivity index (χ4v) is 3.32. The molecule has 0 aliphatic rings. The van der Waals surface area contributed by atoms with Crippen molar-refractivity contribution in [1.29, 1.82) is 0 Å². The van der Waals surface area contributed by atoms with Crippen molar-refractivity contribution in [2.75, 3.05) is 13.7 Å². The third-order valence-corrected chi connectivity index (χ3v) is 5.32. The number of rotatable bonds is 8. The van der Waals surface area contributed by atoms with Crippen LogP contribution in [-0.4, -0.2) is 28.0 Å². The summed E-state index contributed by atoms with van der Waals surface area (Å²) in [4.78, 5) is 11.6. The molecule has 3 rings (SSSR count). The summed E-state index contributed by atoms with van der Waals surface area (Å²) in [5, 5.41) is 8.39. The molecule has 0 spiro atoms. The maximum Gasteiger partial charge on any atom is 0.337 e. The molecular weight excluding hydrogens is 428 g/mol. The number of hydrogen-bond acceptors (Lipinski definition) is 6. The van der Waals surface area contributed by atoms with E-state index in [1.54, 1.807) is 24.3 Å². The molecule has 3 N–H and O–H groups in total. The Labute approximate surface area is 181 Å². The molecule has 0 fully saturated rings. The van der Waals surface area contributed by atoms with Crippen molar-refractivity contribution in [2.24, 2.45) is 5.14 Å². The van der Waals surface area contributed by atoms with Gasteiger partial charge in [-0.15, -0.1) is 12.4 Å². The van der Waals surface area contributed by atoms with Crippen LogP contribution >= 0.6 is 12.4 Å². The van der Waals surface area contributed by atoms with Crippen LogP contribution in [0.1, 0.15) is 21.7 Å². The van der Waals surface area contributed by atoms with Crippen molar-refractivity contribution in [3.63, 3.8) is 0 Å². The Morgan fingerprint density at radius 2 is 1.70 bits per heavy atom. The molecule has 0 saturated carbocycles. The van der Waals surface area contributed by atoms with E-state index in [0.717, 1.165) is 29.1 Å². The molecule has 9 heteroatoms. The van der Waals surface area contributed by atoms with Gasteiger partial charge >= 0.3 is 5.97 Å². The molecule has 0 amide bonds. The van der Waals surface area contributed by atoms with Gasteiger partial charge in [0.2, 0.25) is 10.0 Å². The molecule has 30 heavy (non-hydrogen) atoms. The minimum atomic E-state index is -3.66. The zero-order valence-corrected chi connectivity index (χ0v) is 18.0. The Kier molecular flexibility index (Phi) is 8.19. The molecule has 0 aliphatic heterocycles. The average Bonchev–Trinajstić information content (AvgIpc) is 3.19. The minimum absolute atomic E-state index is 0. The van der Waals surface area contributed by atoms with E-state index in [4.69, 9.17) is 14.3 Å². The quantitative estimate of drug-likeness (QED) is 0.403. The summed E-state index contributed by atoms with van der Waals surface area (Å²) in [6, 6.07) is 17.3. The van der Waals surface area contributed by atoms with Crippen LogP contribution in [0.5, 0.6) is 0 Å². The second kappa shape index (κ2) is 10.4. The summed E-state index contributed by atoms with van der Waals surface area (Å²) in [6.07, 6.45) is 0.744. The standard InChI is InChI=1S/C21H22N2O5S.ClH/c1-27-21(24)17-6-4-16(5-7-17)20-11-8-18(28-20)14-23-13-12-15-2-9-19(10-3-15)29(22,25)26;/h2-11,23H,12-14H2,1H3,(H2,22,25,26);1H. The van der Waals surface area contributed by atoms with E-state index < -0.39 is 10.0 Å². The van der Waals surface area contributed by atoms with E-state index in [-0.39, 0.29) is 23.3 Å². The lowest BCUT2D eigenvalue weighted by molar-refractivity contribution is 0.0600. The number of nitrogens with two attached hydrogens (primary N) is 1. The summed E-state index contributed by atoms with van der Waals surface area (Å²) < 4.78 is 33.1. The van der Waals surface area contributed by atoms with Gasteiger partial charge in [-0.3, -0.25) is 0 Å². The van der Waals surface area contributed by atoms with E-state index in [0.29, 0.717) is 18.7 Å². The zero-order chi connectivity index (χ0) is 20.9. The molecule has 0 aliphatic carbocycles. The van der Waals surface area contributed by atoms with Crippen LogP contribution in [0.15, 0.2) is 70.0 Å². The molecule has 0 radical (unpaired) electrons. The third kappa shape index (κ3) is 6.17. The number of methoxy groups -OCH3 is 1. The van der Waals surface area contributed by atoms with Crippen molar-refractivity contribution in [3.8, 4) is 11.3 Å². The van der Waals surface area contributed by atoms with Crippen LogP contribution in [0, 0.1) is 0 Å². The number of esters is 1. The molecule has 160 valence electrons. The highest BCUT2D eigenvalue weighted by molar-refractivity contribution is 7.89. The predicted octanol–water partition coefficient (Wildman–Crippen LogP) is 3.13. The van der Waals surface area contributed by atoms with Gasteiger partial charge < -0.3 is 14.5 Å². The minimum Gasteiger partial charge on any atom is -0.465 e. The summed E-state index contributed by atoms with van der Waals surface area (Å²) in [5.74, 6) is 1.14. The molecule has 0 atom stereocenters. The number of nitrogens with one attached hydrogen (secondary N) is 1. The highest BCUT2D eigenvalue weighted by Gasteiger charge is 2.09. The Balaban J connectivity index is 0.00000320. The lowest BCUT2D eigenvalue weighted by atomic mass is 10.1. The Morgan fingerprint density at radius 3 is 2.30 bits per heavy atom. The second-order valence-electron chi connectivity index (χ2n) is 6.45. The number of sulfonamides is 1. The number of carbonyl (C=O) groups is 1. The van der Waals surface area contributed by atoms with E-state index in [1.807, 2.05) is 24.3 Å². The maximum atomic E-state index is 11.5. The highest BCUT2D eigenvalue weighted by Crippen LogP contribution is 2.22. The molecule has 1 heterocycles. The van der Waals surface area contributed by atoms with Crippen molar-refractivity contribution < 1.29 is 22.4 Å². The van der Waals surface area contributed by atoms with Gasteiger partial charge in [0, 0.05) is 5.56 Å². The Morgan fingerprint density at radius 1 is 1.03 bits per heavy atom. The number of carbonyl (C=O) groups excluding carboxylic acids is 1. The molecule has 0 saturated heterocycles. The van der Waals surface area contributed by atoms with E-state index >= 15 is 0 Å². The second-order valence-corrected chi connectivity index (χ2v) is 8.01. The van der Waals surface area contributed by atoms with Gasteiger partial charge in [0.15, 0.2) is 0 Å². The van der Waals surface area contributed by atoms with Gasteiger partial charge in [-0.1, -0.05) is 24.3 Å². The van der Waals surface area contributed by atoms with Crippen LogP contribution < -0.4 is 10.5 Å². The first-order chi connectivity index (χ1) is 13.9. The molecule has 0 bridgehead atoms. The maximum absolute atomic E-state index is 11.5. The first kappa shape index (κ1) is 23.6. The molecule has 7 nitrogen and oxygen atoms in total. The number of furan rings is 1. The van der Waals surface area contributed by atoms with Gasteiger partial charge in [0.25, 0.3) is 0 Å². The average molecular weight is 451 g/mol. The lowest BCUT2D eigenvalue weighted by Crippen LogP contribution is -2.16. The van der Waals surface area contributed by atoms with Crippen LogP contribution in [0.2, 0.25) is 0 Å². The van der Waals surface area contributed by atoms with Crippen molar-refractivity contribution in [2.45, 2.75) is 17.9 Å². The molecular formula is C21H23ClN2O5S. The van der Waals surface area contributed by atoms with Crippen molar-refractivity contribution in [1.82, 2.24) is 5.32 Å².